The number of allylic oxidation sites excluding steroid dienone is 1. The van der Waals surface area contributed by atoms with Crippen molar-refractivity contribution >= 4 is 5.78 Å². The molecule has 142 valence electrons. The van der Waals surface area contributed by atoms with Gasteiger partial charge in [0, 0.05) is 6.42 Å². The fourth-order valence-electron chi connectivity index (χ4n) is 7.44. The molecule has 1 heteroatoms. The molecule has 4 aliphatic rings. The molecule has 3 fully saturated rings. The molecule has 0 N–H and O–H groups in total. The van der Waals surface area contributed by atoms with Crippen LogP contribution < -0.4 is 0 Å². The molecule has 0 saturated heterocycles. The number of carbonyl (C=O) groups excluding carboxylic acids is 1. The minimum absolute atomic E-state index is 0.297. The highest BCUT2D eigenvalue weighted by Crippen LogP contribution is 2.70. The van der Waals surface area contributed by atoms with Crippen molar-refractivity contribution in [2.45, 2.75) is 93.4 Å². The highest BCUT2D eigenvalue weighted by Gasteiger charge is 2.62. The largest absolute Gasteiger partial charge is 0.295 e. The predicted octanol–water partition coefficient (Wildman–Crippen LogP) is 6.82. The average molecular weight is 345 g/mol. The molecule has 0 bridgehead atoms. The van der Waals surface area contributed by atoms with E-state index in [4.69, 9.17) is 0 Å². The monoisotopic (exact) mass is 344 g/mol. The van der Waals surface area contributed by atoms with Crippen molar-refractivity contribution in [1.82, 2.24) is 0 Å². The van der Waals surface area contributed by atoms with Crippen molar-refractivity contribution in [3.8, 4) is 0 Å². The Morgan fingerprint density at radius 2 is 1.60 bits per heavy atom. The number of hydrogen-bond acceptors (Lipinski definition) is 1. The number of ketones is 1. The molecule has 0 spiro atoms. The summed E-state index contributed by atoms with van der Waals surface area (Å²) in [4.78, 5) is 12.1. The van der Waals surface area contributed by atoms with Crippen LogP contribution in [-0.2, 0) is 4.79 Å². The molecule has 25 heavy (non-hydrogen) atoms. The second kappa shape index (κ2) is 6.24. The van der Waals surface area contributed by atoms with Gasteiger partial charge in [-0.3, -0.25) is 4.79 Å². The minimum Gasteiger partial charge on any atom is -0.295 e. The topological polar surface area (TPSA) is 17.1 Å². The first-order valence-electron chi connectivity index (χ1n) is 10.9. The van der Waals surface area contributed by atoms with E-state index in [1.54, 1.807) is 0 Å². The molecule has 0 aromatic heterocycles. The maximum Gasteiger partial charge on any atom is 0.155 e. The van der Waals surface area contributed by atoms with E-state index in [2.05, 4.69) is 34.6 Å². The Balaban J connectivity index is 0.000000880. The van der Waals surface area contributed by atoms with Gasteiger partial charge in [0.05, 0.1) is 0 Å². The standard InChI is InChI=1S/C22H34O.C2H6/c1-14-12-16(23)13-15-6-7-17-18-8-10-20(2,3)21(18,4)11-9-19(17)22(14,15)5;1-2/h13-14,17-19H,6-12H2,1-5H3;1-2H3/t14-,17?,18?,19?,21?,22?;/m0./s1. The first-order valence-corrected chi connectivity index (χ1v) is 10.9. The Labute approximate surface area is 156 Å². The van der Waals surface area contributed by atoms with Gasteiger partial charge in [0.25, 0.3) is 0 Å². The maximum absolute atomic E-state index is 12.1. The van der Waals surface area contributed by atoms with Crippen LogP contribution in [0.25, 0.3) is 0 Å². The quantitative estimate of drug-likeness (QED) is 0.471. The van der Waals surface area contributed by atoms with E-state index >= 15 is 0 Å². The van der Waals surface area contributed by atoms with Crippen molar-refractivity contribution in [2.75, 3.05) is 0 Å². The van der Waals surface area contributed by atoms with Crippen LogP contribution in [0.2, 0.25) is 0 Å². The van der Waals surface area contributed by atoms with E-state index in [1.165, 1.54) is 44.1 Å². The lowest BCUT2D eigenvalue weighted by molar-refractivity contribution is -0.121. The minimum atomic E-state index is 0.297. The van der Waals surface area contributed by atoms with Gasteiger partial charge < -0.3 is 0 Å². The summed E-state index contributed by atoms with van der Waals surface area (Å²) in [5.41, 5.74) is 2.85. The molecular formula is C24H40O. The first kappa shape index (κ1) is 19.2. The molecule has 4 rings (SSSR count). The van der Waals surface area contributed by atoms with Crippen LogP contribution in [0.4, 0.5) is 0 Å². The molecular weight excluding hydrogens is 304 g/mol. The molecule has 4 aliphatic carbocycles. The molecule has 0 aromatic rings. The van der Waals surface area contributed by atoms with Gasteiger partial charge in [0.2, 0.25) is 0 Å². The van der Waals surface area contributed by atoms with Gasteiger partial charge in [-0.15, -0.1) is 0 Å². The van der Waals surface area contributed by atoms with Crippen LogP contribution in [0, 0.1) is 39.9 Å². The van der Waals surface area contributed by atoms with Crippen molar-refractivity contribution in [2.24, 2.45) is 39.9 Å². The zero-order chi connectivity index (χ0) is 18.6. The summed E-state index contributed by atoms with van der Waals surface area (Å²) in [5, 5.41) is 0. The van der Waals surface area contributed by atoms with Gasteiger partial charge >= 0.3 is 0 Å². The van der Waals surface area contributed by atoms with E-state index in [-0.39, 0.29) is 0 Å². The van der Waals surface area contributed by atoms with Crippen molar-refractivity contribution < 1.29 is 4.79 Å². The summed E-state index contributed by atoms with van der Waals surface area (Å²) in [6, 6.07) is 0. The van der Waals surface area contributed by atoms with E-state index in [0.717, 1.165) is 24.2 Å². The van der Waals surface area contributed by atoms with Gasteiger partial charge in [-0.05, 0) is 84.5 Å². The molecule has 0 amide bonds. The average Bonchev–Trinajstić information content (AvgIpc) is 2.81. The molecule has 5 unspecified atom stereocenters. The second-order valence-electron chi connectivity index (χ2n) is 10.3. The summed E-state index contributed by atoms with van der Waals surface area (Å²) in [7, 11) is 0. The van der Waals surface area contributed by atoms with Gasteiger partial charge in [-0.25, -0.2) is 0 Å². The maximum atomic E-state index is 12.1. The van der Waals surface area contributed by atoms with Crippen LogP contribution in [0.1, 0.15) is 93.4 Å². The lowest BCUT2D eigenvalue weighted by Gasteiger charge is -2.60. The van der Waals surface area contributed by atoms with Crippen LogP contribution in [0.5, 0.6) is 0 Å². The Morgan fingerprint density at radius 1 is 0.960 bits per heavy atom. The molecule has 0 radical (unpaired) electrons. The van der Waals surface area contributed by atoms with Crippen LogP contribution in [0.3, 0.4) is 0 Å². The molecule has 1 nitrogen and oxygen atoms in total. The van der Waals surface area contributed by atoms with Gasteiger partial charge in [-0.2, -0.15) is 0 Å². The molecule has 6 atom stereocenters. The van der Waals surface area contributed by atoms with E-state index in [0.29, 0.717) is 27.9 Å². The SMILES string of the molecule is CC.C[C@H]1CC(=O)C=C2CCC3C(CCC4(C)C3CCC4(C)C)C21C. The van der Waals surface area contributed by atoms with E-state index in [1.807, 2.05) is 19.9 Å². The van der Waals surface area contributed by atoms with Crippen molar-refractivity contribution in [3.63, 3.8) is 0 Å². The number of carbonyl (C=O) groups is 1. The summed E-state index contributed by atoms with van der Waals surface area (Å²) in [5.74, 6) is 3.54. The van der Waals surface area contributed by atoms with Crippen molar-refractivity contribution in [3.05, 3.63) is 11.6 Å². The summed E-state index contributed by atoms with van der Waals surface area (Å²) >= 11 is 0. The number of hydrogen-bond donors (Lipinski definition) is 0. The van der Waals surface area contributed by atoms with E-state index < -0.39 is 0 Å². The fourth-order valence-corrected chi connectivity index (χ4v) is 7.44. The van der Waals surface area contributed by atoms with Crippen LogP contribution in [0.15, 0.2) is 11.6 Å². The van der Waals surface area contributed by atoms with Gasteiger partial charge in [0.1, 0.15) is 0 Å². The Bertz CT molecular complexity index is 571. The Hall–Kier alpha value is -0.590. The predicted molar refractivity (Wildman–Crippen MR) is 106 cm³/mol. The van der Waals surface area contributed by atoms with Crippen molar-refractivity contribution in [1.29, 1.82) is 0 Å². The smallest absolute Gasteiger partial charge is 0.155 e. The Morgan fingerprint density at radius 3 is 2.28 bits per heavy atom. The van der Waals surface area contributed by atoms with Gasteiger partial charge in [-0.1, -0.05) is 54.0 Å². The van der Waals surface area contributed by atoms with Crippen LogP contribution in [-0.4, -0.2) is 5.78 Å². The third-order valence-electron chi connectivity index (χ3n) is 9.53. The summed E-state index contributed by atoms with van der Waals surface area (Å²) in [6.45, 7) is 16.5. The normalized spacial score (nSPS) is 47.6. The highest BCUT2D eigenvalue weighted by molar-refractivity contribution is 5.92. The summed E-state index contributed by atoms with van der Waals surface area (Å²) in [6.07, 6.45) is 11.0. The summed E-state index contributed by atoms with van der Waals surface area (Å²) < 4.78 is 0. The second-order valence-corrected chi connectivity index (χ2v) is 10.3. The van der Waals surface area contributed by atoms with Crippen LogP contribution >= 0.6 is 0 Å². The highest BCUT2D eigenvalue weighted by atomic mass is 16.1. The Kier molecular flexibility index (Phi) is 4.79. The lowest BCUT2D eigenvalue weighted by atomic mass is 9.44. The zero-order valence-corrected chi connectivity index (χ0v) is 17.7. The fraction of sp³-hybridized carbons (Fsp3) is 0.875. The molecule has 3 saturated carbocycles. The third-order valence-corrected chi connectivity index (χ3v) is 9.53. The number of fused-ring (bicyclic) bond motifs is 5. The first-order chi connectivity index (χ1) is 11.7. The number of rotatable bonds is 0. The molecule has 0 aliphatic heterocycles. The molecule has 0 aromatic carbocycles. The van der Waals surface area contributed by atoms with Gasteiger partial charge in [0.15, 0.2) is 5.78 Å². The zero-order valence-electron chi connectivity index (χ0n) is 17.7. The molecule has 0 heterocycles. The lowest BCUT2D eigenvalue weighted by Crippen LogP contribution is -2.53. The van der Waals surface area contributed by atoms with E-state index in [9.17, 15) is 4.79 Å². The third kappa shape index (κ3) is 2.51.